The summed E-state index contributed by atoms with van der Waals surface area (Å²) in [7, 11) is 0. The first-order chi connectivity index (χ1) is 15.0. The van der Waals surface area contributed by atoms with Gasteiger partial charge in [-0.2, -0.15) is 0 Å². The molecule has 1 amide bonds. The standard InChI is InChI=1S/C25H16BrNO4/c1-14-3-2-4-15(9-14)23-13-20(28)19-12-18(6-8-22(19)31-23)27-25(29)24-11-16-10-17(26)5-7-21(16)30-24/h2-13H,1H3,(H,27,29). The fourth-order valence-electron chi connectivity index (χ4n) is 3.49. The van der Waals surface area contributed by atoms with Gasteiger partial charge >= 0.3 is 0 Å². The van der Waals surface area contributed by atoms with Crippen LogP contribution >= 0.6 is 15.9 Å². The monoisotopic (exact) mass is 473 g/mol. The number of halogens is 1. The first-order valence-electron chi connectivity index (χ1n) is 9.62. The summed E-state index contributed by atoms with van der Waals surface area (Å²) in [4.78, 5) is 25.4. The lowest BCUT2D eigenvalue weighted by Crippen LogP contribution is -2.11. The number of furan rings is 1. The maximum absolute atomic E-state index is 12.7. The number of carbonyl (C=O) groups is 1. The molecule has 5 aromatic rings. The van der Waals surface area contributed by atoms with Crippen molar-refractivity contribution < 1.29 is 13.6 Å². The molecule has 1 N–H and O–H groups in total. The maximum atomic E-state index is 12.7. The molecule has 2 aromatic heterocycles. The Bertz CT molecular complexity index is 1530. The van der Waals surface area contributed by atoms with E-state index >= 15 is 0 Å². The van der Waals surface area contributed by atoms with Crippen LogP contribution in [0, 0.1) is 6.92 Å². The van der Waals surface area contributed by atoms with Crippen LogP contribution in [0.1, 0.15) is 16.1 Å². The van der Waals surface area contributed by atoms with Gasteiger partial charge in [0.05, 0.1) is 5.39 Å². The fourth-order valence-corrected chi connectivity index (χ4v) is 3.87. The van der Waals surface area contributed by atoms with Crippen molar-refractivity contribution >= 4 is 49.5 Å². The molecular weight excluding hydrogens is 458 g/mol. The lowest BCUT2D eigenvalue weighted by atomic mass is 10.1. The quantitative estimate of drug-likeness (QED) is 0.323. The largest absolute Gasteiger partial charge is 0.456 e. The van der Waals surface area contributed by atoms with Gasteiger partial charge in [0.25, 0.3) is 5.91 Å². The molecule has 0 aliphatic heterocycles. The van der Waals surface area contributed by atoms with Crippen LogP contribution in [0.15, 0.2) is 90.9 Å². The number of hydrogen-bond acceptors (Lipinski definition) is 4. The maximum Gasteiger partial charge on any atom is 0.291 e. The molecule has 0 aliphatic carbocycles. The number of anilines is 1. The highest BCUT2D eigenvalue weighted by atomic mass is 79.9. The second-order valence-electron chi connectivity index (χ2n) is 7.30. The van der Waals surface area contributed by atoms with E-state index in [1.807, 2.05) is 43.3 Å². The molecule has 0 saturated carbocycles. The Kier molecular flexibility index (Phi) is 4.71. The molecule has 152 valence electrons. The Labute approximate surface area is 185 Å². The van der Waals surface area contributed by atoms with Gasteiger partial charge in [0.2, 0.25) is 0 Å². The van der Waals surface area contributed by atoms with Gasteiger partial charge in [0, 0.05) is 27.2 Å². The third-order valence-electron chi connectivity index (χ3n) is 4.99. The Balaban J connectivity index is 1.46. The second kappa shape index (κ2) is 7.56. The molecule has 0 fully saturated rings. The molecule has 0 radical (unpaired) electrons. The smallest absolute Gasteiger partial charge is 0.291 e. The van der Waals surface area contributed by atoms with Crippen molar-refractivity contribution in [1.29, 1.82) is 0 Å². The molecule has 6 heteroatoms. The van der Waals surface area contributed by atoms with Gasteiger partial charge < -0.3 is 14.2 Å². The first kappa shape index (κ1) is 19.3. The van der Waals surface area contributed by atoms with Crippen molar-refractivity contribution in [2.45, 2.75) is 6.92 Å². The summed E-state index contributed by atoms with van der Waals surface area (Å²) in [5.74, 6) is 0.300. The lowest BCUT2D eigenvalue weighted by Gasteiger charge is -2.07. The lowest BCUT2D eigenvalue weighted by molar-refractivity contribution is 0.0998. The predicted octanol–water partition coefficient (Wildman–Crippen LogP) is 6.53. The normalized spacial score (nSPS) is 11.2. The zero-order valence-electron chi connectivity index (χ0n) is 16.4. The highest BCUT2D eigenvalue weighted by molar-refractivity contribution is 9.10. The summed E-state index contributed by atoms with van der Waals surface area (Å²) >= 11 is 3.40. The van der Waals surface area contributed by atoms with E-state index < -0.39 is 5.91 Å². The summed E-state index contributed by atoms with van der Waals surface area (Å²) in [6.07, 6.45) is 0. The molecule has 0 saturated heterocycles. The SMILES string of the molecule is Cc1cccc(-c2cc(=O)c3cc(NC(=O)c4cc5cc(Br)ccc5o4)ccc3o2)c1. The van der Waals surface area contributed by atoms with Crippen molar-refractivity contribution in [3.8, 4) is 11.3 Å². The van der Waals surface area contributed by atoms with Crippen LogP contribution < -0.4 is 10.7 Å². The number of benzene rings is 3. The minimum absolute atomic E-state index is 0.178. The number of hydrogen-bond donors (Lipinski definition) is 1. The number of fused-ring (bicyclic) bond motifs is 2. The molecule has 0 bridgehead atoms. The Morgan fingerprint density at radius 3 is 2.58 bits per heavy atom. The van der Waals surface area contributed by atoms with Crippen LogP contribution in [0.3, 0.4) is 0 Å². The number of rotatable bonds is 3. The molecule has 5 rings (SSSR count). The van der Waals surface area contributed by atoms with Gasteiger partial charge in [0.15, 0.2) is 11.2 Å². The average Bonchev–Trinajstić information content (AvgIpc) is 3.17. The van der Waals surface area contributed by atoms with Crippen molar-refractivity contribution in [2.75, 3.05) is 5.32 Å². The zero-order chi connectivity index (χ0) is 21.5. The molecular formula is C25H16BrNO4. The molecule has 0 unspecified atom stereocenters. The van der Waals surface area contributed by atoms with Crippen LogP contribution in [-0.2, 0) is 0 Å². The minimum atomic E-state index is -0.396. The average molecular weight is 474 g/mol. The van der Waals surface area contributed by atoms with Crippen LogP contribution in [-0.4, -0.2) is 5.91 Å². The predicted molar refractivity (Wildman–Crippen MR) is 125 cm³/mol. The number of amides is 1. The van der Waals surface area contributed by atoms with Crippen molar-refractivity contribution in [1.82, 2.24) is 0 Å². The molecule has 0 spiro atoms. The van der Waals surface area contributed by atoms with Gasteiger partial charge in [-0.05, 0) is 55.5 Å². The Hall–Kier alpha value is -3.64. The van der Waals surface area contributed by atoms with Crippen LogP contribution in [0.5, 0.6) is 0 Å². The van der Waals surface area contributed by atoms with E-state index in [1.165, 1.54) is 6.07 Å². The van der Waals surface area contributed by atoms with Crippen molar-refractivity contribution in [3.05, 3.63) is 98.8 Å². The number of nitrogens with one attached hydrogen (secondary N) is 1. The van der Waals surface area contributed by atoms with Gasteiger partial charge in [-0.15, -0.1) is 0 Å². The minimum Gasteiger partial charge on any atom is -0.456 e. The zero-order valence-corrected chi connectivity index (χ0v) is 18.0. The molecule has 31 heavy (non-hydrogen) atoms. The van der Waals surface area contributed by atoms with Crippen molar-refractivity contribution in [2.24, 2.45) is 0 Å². The van der Waals surface area contributed by atoms with E-state index in [9.17, 15) is 9.59 Å². The molecule has 2 heterocycles. The van der Waals surface area contributed by atoms with E-state index in [-0.39, 0.29) is 11.2 Å². The first-order valence-corrected chi connectivity index (χ1v) is 10.4. The van der Waals surface area contributed by atoms with Crippen LogP contribution in [0.2, 0.25) is 0 Å². The molecule has 0 aliphatic rings. The number of aryl methyl sites for hydroxylation is 1. The molecule has 0 atom stereocenters. The summed E-state index contributed by atoms with van der Waals surface area (Å²) in [5.41, 5.74) is 3.30. The summed E-state index contributed by atoms with van der Waals surface area (Å²) in [5, 5.41) is 4.00. The topological polar surface area (TPSA) is 72.5 Å². The summed E-state index contributed by atoms with van der Waals surface area (Å²) in [6.45, 7) is 1.98. The highest BCUT2D eigenvalue weighted by Crippen LogP contribution is 2.26. The molecule has 5 nitrogen and oxygen atoms in total. The second-order valence-corrected chi connectivity index (χ2v) is 8.22. The van der Waals surface area contributed by atoms with E-state index in [2.05, 4.69) is 21.2 Å². The van der Waals surface area contributed by atoms with Crippen LogP contribution in [0.25, 0.3) is 33.3 Å². The van der Waals surface area contributed by atoms with E-state index in [1.54, 1.807) is 30.3 Å². The van der Waals surface area contributed by atoms with E-state index in [4.69, 9.17) is 8.83 Å². The van der Waals surface area contributed by atoms with E-state index in [0.29, 0.717) is 28.0 Å². The highest BCUT2D eigenvalue weighted by Gasteiger charge is 2.14. The number of carbonyl (C=O) groups excluding carboxylic acids is 1. The summed E-state index contributed by atoms with van der Waals surface area (Å²) < 4.78 is 12.5. The van der Waals surface area contributed by atoms with E-state index in [0.717, 1.165) is 21.0 Å². The third kappa shape index (κ3) is 3.78. The Morgan fingerprint density at radius 1 is 0.903 bits per heavy atom. The van der Waals surface area contributed by atoms with Crippen LogP contribution in [0.4, 0.5) is 5.69 Å². The molecule has 3 aromatic carbocycles. The third-order valence-corrected chi connectivity index (χ3v) is 5.48. The fraction of sp³-hybridized carbons (Fsp3) is 0.0400. The summed E-state index contributed by atoms with van der Waals surface area (Å²) in [6, 6.07) is 21.4. The van der Waals surface area contributed by atoms with Gasteiger partial charge in [-0.1, -0.05) is 39.7 Å². The van der Waals surface area contributed by atoms with Gasteiger partial charge in [-0.25, -0.2) is 0 Å². The van der Waals surface area contributed by atoms with Crippen molar-refractivity contribution in [3.63, 3.8) is 0 Å². The van der Waals surface area contributed by atoms with Gasteiger partial charge in [0.1, 0.15) is 16.9 Å². The Morgan fingerprint density at radius 2 is 1.74 bits per heavy atom. The van der Waals surface area contributed by atoms with Gasteiger partial charge in [-0.3, -0.25) is 9.59 Å².